The zero-order valence-electron chi connectivity index (χ0n) is 7.98. The minimum Gasteiger partial charge on any atom is -0.462 e. The Kier molecular flexibility index (Phi) is 3.69. The molecule has 0 aliphatic heterocycles. The van der Waals surface area contributed by atoms with Crippen molar-refractivity contribution in [2.24, 2.45) is 0 Å². The van der Waals surface area contributed by atoms with Crippen molar-refractivity contribution in [2.75, 3.05) is 6.61 Å². The number of carbonyl (C=O) groups excluding carboxylic acids is 1. The van der Waals surface area contributed by atoms with E-state index in [9.17, 15) is 13.2 Å². The molecule has 8 heteroatoms. The number of hydrogen-bond acceptors (Lipinski definition) is 6. The van der Waals surface area contributed by atoms with Crippen molar-refractivity contribution in [3.8, 4) is 0 Å². The monoisotopic (exact) mass is 269 g/mol. The van der Waals surface area contributed by atoms with Gasteiger partial charge in [-0.1, -0.05) is 11.3 Å². The second-order valence-corrected chi connectivity index (χ2v) is 6.29. The van der Waals surface area contributed by atoms with Gasteiger partial charge in [0.2, 0.25) is 4.34 Å². The van der Waals surface area contributed by atoms with E-state index in [0.29, 0.717) is 17.0 Å². The molecule has 1 rings (SSSR count). The van der Waals surface area contributed by atoms with Crippen LogP contribution in [0.3, 0.4) is 0 Å². The minimum absolute atomic E-state index is 0.163. The van der Waals surface area contributed by atoms with Gasteiger partial charge in [0, 0.05) is 10.7 Å². The van der Waals surface area contributed by atoms with E-state index in [1.165, 1.54) is 6.92 Å². The quantitative estimate of drug-likeness (QED) is 0.615. The van der Waals surface area contributed by atoms with E-state index in [-0.39, 0.29) is 15.8 Å². The molecule has 1 aromatic rings. The molecule has 5 nitrogen and oxygen atoms in total. The predicted molar refractivity (Wildman–Crippen MR) is 55.8 cm³/mol. The van der Waals surface area contributed by atoms with Crippen molar-refractivity contribution in [3.63, 3.8) is 0 Å². The van der Waals surface area contributed by atoms with Crippen LogP contribution < -0.4 is 0 Å². The van der Waals surface area contributed by atoms with Gasteiger partial charge in [-0.2, -0.15) is 0 Å². The second-order valence-electron chi connectivity index (χ2n) is 2.55. The lowest BCUT2D eigenvalue weighted by Crippen LogP contribution is -2.03. The highest BCUT2D eigenvalue weighted by molar-refractivity contribution is 8.15. The molecule has 0 saturated carbocycles. The molecule has 15 heavy (non-hydrogen) atoms. The van der Waals surface area contributed by atoms with Gasteiger partial charge in [0.25, 0.3) is 9.05 Å². The van der Waals surface area contributed by atoms with Crippen LogP contribution in [0.5, 0.6) is 0 Å². The van der Waals surface area contributed by atoms with E-state index in [1.807, 2.05) is 0 Å². The fourth-order valence-electron chi connectivity index (χ4n) is 0.862. The maximum atomic E-state index is 11.3. The van der Waals surface area contributed by atoms with E-state index in [0.717, 1.165) is 0 Å². The van der Waals surface area contributed by atoms with Gasteiger partial charge < -0.3 is 4.74 Å². The van der Waals surface area contributed by atoms with Crippen LogP contribution in [-0.2, 0) is 13.8 Å². The van der Waals surface area contributed by atoms with Crippen LogP contribution in [0.15, 0.2) is 4.34 Å². The van der Waals surface area contributed by atoms with E-state index in [2.05, 4.69) is 4.98 Å². The van der Waals surface area contributed by atoms with Gasteiger partial charge in [0.05, 0.1) is 12.3 Å². The summed E-state index contributed by atoms with van der Waals surface area (Å²) in [6, 6.07) is 0. The van der Waals surface area contributed by atoms with E-state index < -0.39 is 15.0 Å². The van der Waals surface area contributed by atoms with Gasteiger partial charge >= 0.3 is 5.97 Å². The Labute approximate surface area is 95.5 Å². The summed E-state index contributed by atoms with van der Waals surface area (Å²) in [6.45, 7) is 3.40. The standard InChI is InChI=1S/C7H8ClNO4S2/c1-3-13-6(10)5-4(2)9-7(14-5)15(8,11)12/h3H2,1-2H3. The minimum atomic E-state index is -3.88. The number of halogens is 1. The fraction of sp³-hybridized carbons (Fsp3) is 0.429. The largest absolute Gasteiger partial charge is 0.462 e. The van der Waals surface area contributed by atoms with Crippen molar-refractivity contribution in [1.82, 2.24) is 4.98 Å². The number of aryl methyl sites for hydroxylation is 1. The second kappa shape index (κ2) is 4.46. The normalized spacial score (nSPS) is 11.4. The average Bonchev–Trinajstić information content (AvgIpc) is 2.47. The third-order valence-corrected chi connectivity index (χ3v) is 4.51. The Morgan fingerprint density at radius 1 is 1.60 bits per heavy atom. The van der Waals surface area contributed by atoms with Crippen LogP contribution in [0.25, 0.3) is 0 Å². The van der Waals surface area contributed by atoms with Crippen LogP contribution in [0.4, 0.5) is 0 Å². The number of nitrogens with zero attached hydrogens (tertiary/aromatic N) is 1. The van der Waals surface area contributed by atoms with Crippen LogP contribution in [0.1, 0.15) is 22.3 Å². The summed E-state index contributed by atoms with van der Waals surface area (Å²) < 4.78 is 26.3. The first-order valence-electron chi connectivity index (χ1n) is 3.95. The number of carbonyl (C=O) groups is 1. The summed E-state index contributed by atoms with van der Waals surface area (Å²) in [6.07, 6.45) is 0. The molecule has 0 saturated heterocycles. The van der Waals surface area contributed by atoms with Crippen molar-refractivity contribution < 1.29 is 17.9 Å². The molecular weight excluding hydrogens is 262 g/mol. The highest BCUT2D eigenvalue weighted by Gasteiger charge is 2.22. The van der Waals surface area contributed by atoms with E-state index in [1.54, 1.807) is 6.92 Å². The van der Waals surface area contributed by atoms with Crippen LogP contribution in [0, 0.1) is 6.92 Å². The number of thiazole rings is 1. The van der Waals surface area contributed by atoms with Crippen molar-refractivity contribution in [1.29, 1.82) is 0 Å². The predicted octanol–water partition coefficient (Wildman–Crippen LogP) is 1.56. The maximum Gasteiger partial charge on any atom is 0.350 e. The summed E-state index contributed by atoms with van der Waals surface area (Å²) in [7, 11) is 1.21. The van der Waals surface area contributed by atoms with Crippen molar-refractivity contribution >= 4 is 37.0 Å². The summed E-state index contributed by atoms with van der Waals surface area (Å²) in [5, 5.41) is 0. The highest BCUT2D eigenvalue weighted by Crippen LogP contribution is 2.25. The van der Waals surface area contributed by atoms with E-state index in [4.69, 9.17) is 15.4 Å². The topological polar surface area (TPSA) is 73.3 Å². The highest BCUT2D eigenvalue weighted by atomic mass is 35.7. The van der Waals surface area contributed by atoms with Gasteiger partial charge in [-0.3, -0.25) is 0 Å². The van der Waals surface area contributed by atoms with Crippen molar-refractivity contribution in [3.05, 3.63) is 10.6 Å². The molecule has 84 valence electrons. The Balaban J connectivity index is 3.13. The first kappa shape index (κ1) is 12.4. The lowest BCUT2D eigenvalue weighted by atomic mass is 10.4. The summed E-state index contributed by atoms with van der Waals surface area (Å²) >= 11 is 0.709. The maximum absolute atomic E-state index is 11.3. The number of hydrogen-bond donors (Lipinski definition) is 0. The fourth-order valence-corrected chi connectivity index (χ4v) is 2.84. The van der Waals surface area contributed by atoms with Crippen LogP contribution in [0.2, 0.25) is 0 Å². The molecule has 0 N–H and O–H groups in total. The zero-order chi connectivity index (χ0) is 11.6. The molecule has 1 aromatic heterocycles. The van der Waals surface area contributed by atoms with Crippen molar-refractivity contribution in [2.45, 2.75) is 18.2 Å². The SMILES string of the molecule is CCOC(=O)c1sc(S(=O)(=O)Cl)nc1C. The summed E-state index contributed by atoms with van der Waals surface area (Å²) in [5.74, 6) is -0.584. The van der Waals surface area contributed by atoms with Gasteiger partial charge in [-0.15, -0.1) is 0 Å². The third-order valence-electron chi connectivity index (χ3n) is 1.45. The number of rotatable bonds is 3. The Morgan fingerprint density at radius 3 is 2.60 bits per heavy atom. The zero-order valence-corrected chi connectivity index (χ0v) is 10.4. The first-order chi connectivity index (χ1) is 6.86. The molecule has 0 aromatic carbocycles. The Morgan fingerprint density at radius 2 is 2.20 bits per heavy atom. The Bertz CT molecular complexity index is 479. The lowest BCUT2D eigenvalue weighted by Gasteiger charge is -1.97. The van der Waals surface area contributed by atoms with Gasteiger partial charge in [-0.05, 0) is 13.8 Å². The average molecular weight is 270 g/mol. The van der Waals surface area contributed by atoms with Gasteiger partial charge in [0.1, 0.15) is 4.88 Å². The molecule has 0 aliphatic carbocycles. The molecule has 0 bridgehead atoms. The molecule has 0 spiro atoms. The van der Waals surface area contributed by atoms with Crippen LogP contribution in [-0.4, -0.2) is 26.0 Å². The number of aromatic nitrogens is 1. The van der Waals surface area contributed by atoms with Crippen LogP contribution >= 0.6 is 22.0 Å². The van der Waals surface area contributed by atoms with E-state index >= 15 is 0 Å². The molecule has 0 amide bonds. The molecule has 1 heterocycles. The molecule has 0 aliphatic rings. The Hall–Kier alpha value is -0.660. The number of ether oxygens (including phenoxy) is 1. The lowest BCUT2D eigenvalue weighted by molar-refractivity contribution is 0.0531. The van der Waals surface area contributed by atoms with Gasteiger partial charge in [-0.25, -0.2) is 18.2 Å². The molecular formula is C7H8ClNO4S2. The summed E-state index contributed by atoms with van der Waals surface area (Å²) in [5.41, 5.74) is 0.303. The molecule has 0 atom stereocenters. The molecule has 0 unspecified atom stereocenters. The smallest absolute Gasteiger partial charge is 0.350 e. The molecule has 0 radical (unpaired) electrons. The van der Waals surface area contributed by atoms with Gasteiger partial charge in [0.15, 0.2) is 0 Å². The first-order valence-corrected chi connectivity index (χ1v) is 7.08. The molecule has 0 fully saturated rings. The number of esters is 1. The summed E-state index contributed by atoms with van der Waals surface area (Å²) in [4.78, 5) is 15.2. The third kappa shape index (κ3) is 2.90.